The summed E-state index contributed by atoms with van der Waals surface area (Å²) < 4.78 is 0. The monoisotopic (exact) mass is 198 g/mol. The van der Waals surface area contributed by atoms with Gasteiger partial charge in [0.1, 0.15) is 5.82 Å². The third-order valence-electron chi connectivity index (χ3n) is 3.07. The second-order valence-corrected chi connectivity index (χ2v) is 4.25. The fraction of sp³-hybridized carbons (Fsp3) is 0.308. The number of aryl methyl sites for hydroxylation is 3. The van der Waals surface area contributed by atoms with Gasteiger partial charge in [-0.05, 0) is 43.4 Å². The zero-order valence-electron chi connectivity index (χ0n) is 8.88. The van der Waals surface area contributed by atoms with Crippen molar-refractivity contribution in [1.29, 1.82) is 0 Å². The van der Waals surface area contributed by atoms with E-state index in [-0.39, 0.29) is 0 Å². The Kier molecular flexibility index (Phi) is 1.88. The van der Waals surface area contributed by atoms with E-state index in [0.717, 1.165) is 11.5 Å². The molecule has 1 N–H and O–H groups in total. The van der Waals surface area contributed by atoms with Crippen LogP contribution in [-0.2, 0) is 12.8 Å². The number of rotatable bonds is 1. The van der Waals surface area contributed by atoms with Gasteiger partial charge in [-0.15, -0.1) is 0 Å². The normalized spacial score (nSPS) is 14.2. The molecule has 0 atom stereocenters. The molecule has 1 heterocycles. The van der Waals surface area contributed by atoms with Gasteiger partial charge in [-0.25, -0.2) is 4.98 Å². The molecule has 0 saturated carbocycles. The van der Waals surface area contributed by atoms with E-state index in [0.29, 0.717) is 0 Å². The fourth-order valence-electron chi connectivity index (χ4n) is 2.28. The fourth-order valence-corrected chi connectivity index (χ4v) is 2.28. The number of benzene rings is 1. The number of hydrogen-bond donors (Lipinski definition) is 1. The lowest BCUT2D eigenvalue weighted by molar-refractivity contribution is 0.912. The zero-order valence-corrected chi connectivity index (χ0v) is 8.88. The van der Waals surface area contributed by atoms with Crippen LogP contribution in [-0.4, -0.2) is 9.97 Å². The maximum absolute atomic E-state index is 4.36. The Morgan fingerprint density at radius 1 is 1.20 bits per heavy atom. The second kappa shape index (κ2) is 3.23. The van der Waals surface area contributed by atoms with Crippen LogP contribution >= 0.6 is 0 Å². The quantitative estimate of drug-likeness (QED) is 0.750. The third kappa shape index (κ3) is 1.46. The molecule has 1 aliphatic carbocycles. The molecule has 2 heteroatoms. The van der Waals surface area contributed by atoms with E-state index in [9.17, 15) is 0 Å². The first kappa shape index (κ1) is 8.72. The van der Waals surface area contributed by atoms with Crippen LogP contribution in [0, 0.1) is 6.92 Å². The lowest BCUT2D eigenvalue weighted by atomic mass is 10.1. The van der Waals surface area contributed by atoms with Crippen molar-refractivity contribution in [2.75, 3.05) is 0 Å². The summed E-state index contributed by atoms with van der Waals surface area (Å²) >= 11 is 0. The number of aromatic amines is 1. The Hall–Kier alpha value is -1.57. The molecule has 0 unspecified atom stereocenters. The van der Waals surface area contributed by atoms with Gasteiger partial charge < -0.3 is 4.98 Å². The molecular weight excluding hydrogens is 184 g/mol. The van der Waals surface area contributed by atoms with E-state index < -0.39 is 0 Å². The molecule has 0 saturated heterocycles. The summed E-state index contributed by atoms with van der Waals surface area (Å²) in [5.74, 6) is 0.988. The molecule has 0 amide bonds. The summed E-state index contributed by atoms with van der Waals surface area (Å²) in [4.78, 5) is 7.63. The molecule has 15 heavy (non-hydrogen) atoms. The smallest absolute Gasteiger partial charge is 0.137 e. The molecule has 0 aliphatic heterocycles. The average Bonchev–Trinajstić information content (AvgIpc) is 2.84. The lowest BCUT2D eigenvalue weighted by Gasteiger charge is -2.01. The zero-order chi connectivity index (χ0) is 10.3. The number of hydrogen-bond acceptors (Lipinski definition) is 1. The minimum Gasteiger partial charge on any atom is -0.342 e. The SMILES string of the molecule is Cc1cnc(-c2ccc3c(c2)CCC3)[nH]1. The molecule has 1 aromatic carbocycles. The highest BCUT2D eigenvalue weighted by Gasteiger charge is 2.12. The number of nitrogens with one attached hydrogen (secondary N) is 1. The van der Waals surface area contributed by atoms with Gasteiger partial charge in [0.25, 0.3) is 0 Å². The van der Waals surface area contributed by atoms with Crippen molar-refractivity contribution in [1.82, 2.24) is 9.97 Å². The molecular formula is C13H14N2. The van der Waals surface area contributed by atoms with Crippen LogP contribution in [0.1, 0.15) is 23.2 Å². The molecule has 0 spiro atoms. The second-order valence-electron chi connectivity index (χ2n) is 4.25. The highest BCUT2D eigenvalue weighted by atomic mass is 14.9. The van der Waals surface area contributed by atoms with Gasteiger partial charge in [-0.2, -0.15) is 0 Å². The van der Waals surface area contributed by atoms with Crippen molar-refractivity contribution >= 4 is 0 Å². The number of H-pyrrole nitrogens is 1. The molecule has 0 fully saturated rings. The molecule has 0 radical (unpaired) electrons. The Morgan fingerprint density at radius 2 is 2.07 bits per heavy atom. The van der Waals surface area contributed by atoms with Crippen LogP contribution in [0.2, 0.25) is 0 Å². The molecule has 2 aromatic rings. The Morgan fingerprint density at radius 3 is 2.87 bits per heavy atom. The Bertz CT molecular complexity index is 497. The van der Waals surface area contributed by atoms with Crippen LogP contribution in [0.4, 0.5) is 0 Å². The lowest BCUT2D eigenvalue weighted by Crippen LogP contribution is -1.86. The van der Waals surface area contributed by atoms with Gasteiger partial charge in [0.15, 0.2) is 0 Å². The predicted molar refractivity (Wildman–Crippen MR) is 60.8 cm³/mol. The van der Waals surface area contributed by atoms with Gasteiger partial charge in [-0.3, -0.25) is 0 Å². The highest BCUT2D eigenvalue weighted by molar-refractivity contribution is 5.58. The molecule has 76 valence electrons. The predicted octanol–water partition coefficient (Wildman–Crippen LogP) is 2.87. The topological polar surface area (TPSA) is 28.7 Å². The van der Waals surface area contributed by atoms with Crippen molar-refractivity contribution in [2.24, 2.45) is 0 Å². The van der Waals surface area contributed by atoms with Crippen molar-refractivity contribution in [2.45, 2.75) is 26.2 Å². The van der Waals surface area contributed by atoms with E-state index in [1.807, 2.05) is 13.1 Å². The first-order chi connectivity index (χ1) is 7.33. The van der Waals surface area contributed by atoms with Crippen LogP contribution in [0.15, 0.2) is 24.4 Å². The van der Waals surface area contributed by atoms with E-state index in [1.165, 1.54) is 36.0 Å². The van der Waals surface area contributed by atoms with Gasteiger partial charge in [0.2, 0.25) is 0 Å². The first-order valence-corrected chi connectivity index (χ1v) is 5.47. The highest BCUT2D eigenvalue weighted by Crippen LogP contribution is 2.26. The minimum absolute atomic E-state index is 0.988. The van der Waals surface area contributed by atoms with Crippen LogP contribution in [0.25, 0.3) is 11.4 Å². The largest absolute Gasteiger partial charge is 0.342 e. The molecule has 0 bridgehead atoms. The summed E-state index contributed by atoms with van der Waals surface area (Å²) in [6.45, 7) is 2.03. The number of fused-ring (bicyclic) bond motifs is 1. The molecule has 3 rings (SSSR count). The average molecular weight is 198 g/mol. The number of nitrogens with zero attached hydrogens (tertiary/aromatic N) is 1. The first-order valence-electron chi connectivity index (χ1n) is 5.47. The number of imidazole rings is 1. The molecule has 1 aliphatic rings. The Balaban J connectivity index is 2.06. The minimum atomic E-state index is 0.988. The van der Waals surface area contributed by atoms with Gasteiger partial charge in [0, 0.05) is 17.5 Å². The van der Waals surface area contributed by atoms with Crippen molar-refractivity contribution in [3.05, 3.63) is 41.2 Å². The third-order valence-corrected chi connectivity index (χ3v) is 3.07. The summed E-state index contributed by atoms with van der Waals surface area (Å²) in [6.07, 6.45) is 5.65. The van der Waals surface area contributed by atoms with Crippen LogP contribution in [0.5, 0.6) is 0 Å². The number of aromatic nitrogens is 2. The maximum atomic E-state index is 4.36. The maximum Gasteiger partial charge on any atom is 0.137 e. The van der Waals surface area contributed by atoms with Crippen molar-refractivity contribution in [3.63, 3.8) is 0 Å². The van der Waals surface area contributed by atoms with Gasteiger partial charge in [-0.1, -0.05) is 12.1 Å². The van der Waals surface area contributed by atoms with Gasteiger partial charge >= 0.3 is 0 Å². The van der Waals surface area contributed by atoms with E-state index >= 15 is 0 Å². The van der Waals surface area contributed by atoms with E-state index in [4.69, 9.17) is 0 Å². The molecule has 1 aromatic heterocycles. The Labute approximate surface area is 89.4 Å². The van der Waals surface area contributed by atoms with Crippen molar-refractivity contribution in [3.8, 4) is 11.4 Å². The standard InChI is InChI=1S/C13H14N2/c1-9-8-14-13(15-9)12-6-5-10-3-2-4-11(10)7-12/h5-8H,2-4H2,1H3,(H,14,15). The van der Waals surface area contributed by atoms with Gasteiger partial charge in [0.05, 0.1) is 0 Å². The summed E-state index contributed by atoms with van der Waals surface area (Å²) in [6, 6.07) is 6.69. The van der Waals surface area contributed by atoms with Crippen molar-refractivity contribution < 1.29 is 0 Å². The summed E-state index contributed by atoms with van der Waals surface area (Å²) in [5.41, 5.74) is 5.35. The summed E-state index contributed by atoms with van der Waals surface area (Å²) in [5, 5.41) is 0. The van der Waals surface area contributed by atoms with E-state index in [2.05, 4.69) is 28.2 Å². The van der Waals surface area contributed by atoms with Crippen LogP contribution < -0.4 is 0 Å². The van der Waals surface area contributed by atoms with Crippen LogP contribution in [0.3, 0.4) is 0 Å². The summed E-state index contributed by atoms with van der Waals surface area (Å²) in [7, 11) is 0. The molecule has 2 nitrogen and oxygen atoms in total. The van der Waals surface area contributed by atoms with E-state index in [1.54, 1.807) is 0 Å².